The van der Waals surface area contributed by atoms with Crippen LogP contribution in [-0.2, 0) is 11.3 Å². The summed E-state index contributed by atoms with van der Waals surface area (Å²) in [5.74, 6) is -0.105. The zero-order chi connectivity index (χ0) is 20.4. The SMILES string of the molecule is COc1ccc(F)c(CN2CCCC3(CCN(C(=O)CCC(F)(F)F)C3)C2)c1. The van der Waals surface area contributed by atoms with Crippen LogP contribution in [0.15, 0.2) is 18.2 Å². The minimum Gasteiger partial charge on any atom is -0.497 e. The summed E-state index contributed by atoms with van der Waals surface area (Å²) in [4.78, 5) is 15.9. The van der Waals surface area contributed by atoms with Crippen LogP contribution >= 0.6 is 0 Å². The van der Waals surface area contributed by atoms with Crippen molar-refractivity contribution in [1.29, 1.82) is 0 Å². The number of likely N-dealkylation sites (tertiary alicyclic amines) is 2. The van der Waals surface area contributed by atoms with Crippen molar-refractivity contribution >= 4 is 5.91 Å². The number of nitrogens with zero attached hydrogens (tertiary/aromatic N) is 2. The molecule has 0 bridgehead atoms. The summed E-state index contributed by atoms with van der Waals surface area (Å²) >= 11 is 0. The molecule has 1 spiro atoms. The highest BCUT2D eigenvalue weighted by Gasteiger charge is 2.43. The third-order valence-corrected chi connectivity index (χ3v) is 5.80. The maximum Gasteiger partial charge on any atom is 0.389 e. The first-order valence-corrected chi connectivity index (χ1v) is 9.59. The minimum atomic E-state index is -4.31. The van der Waals surface area contributed by atoms with Gasteiger partial charge >= 0.3 is 6.18 Å². The van der Waals surface area contributed by atoms with E-state index in [2.05, 4.69) is 4.90 Å². The predicted molar refractivity (Wildman–Crippen MR) is 96.4 cm³/mol. The highest BCUT2D eigenvalue weighted by molar-refractivity contribution is 5.76. The molecule has 0 radical (unpaired) electrons. The summed E-state index contributed by atoms with van der Waals surface area (Å²) in [6, 6.07) is 4.67. The molecule has 2 heterocycles. The Morgan fingerprint density at radius 3 is 2.71 bits per heavy atom. The van der Waals surface area contributed by atoms with E-state index in [-0.39, 0.29) is 11.2 Å². The number of rotatable bonds is 5. The Balaban J connectivity index is 1.60. The molecule has 156 valence electrons. The van der Waals surface area contributed by atoms with E-state index >= 15 is 0 Å². The molecule has 2 fully saturated rings. The fraction of sp³-hybridized carbons (Fsp3) is 0.650. The lowest BCUT2D eigenvalue weighted by Gasteiger charge is -2.40. The van der Waals surface area contributed by atoms with E-state index in [0.717, 1.165) is 25.8 Å². The first-order chi connectivity index (χ1) is 13.2. The van der Waals surface area contributed by atoms with E-state index < -0.39 is 24.9 Å². The number of benzene rings is 1. The zero-order valence-electron chi connectivity index (χ0n) is 16.0. The maximum atomic E-state index is 14.2. The van der Waals surface area contributed by atoms with Gasteiger partial charge in [-0.3, -0.25) is 9.69 Å². The van der Waals surface area contributed by atoms with Crippen LogP contribution in [-0.4, -0.2) is 55.2 Å². The molecule has 0 saturated carbocycles. The molecular weight excluding hydrogens is 376 g/mol. The molecule has 2 saturated heterocycles. The molecule has 0 aliphatic carbocycles. The van der Waals surface area contributed by atoms with E-state index in [0.29, 0.717) is 37.5 Å². The second-order valence-electron chi connectivity index (χ2n) is 7.95. The molecule has 2 aliphatic rings. The van der Waals surface area contributed by atoms with Crippen molar-refractivity contribution in [2.45, 2.75) is 44.8 Å². The van der Waals surface area contributed by atoms with E-state index in [1.807, 2.05) is 0 Å². The Morgan fingerprint density at radius 2 is 2.00 bits per heavy atom. The van der Waals surface area contributed by atoms with Crippen molar-refractivity contribution in [1.82, 2.24) is 9.80 Å². The maximum absolute atomic E-state index is 14.2. The van der Waals surface area contributed by atoms with Crippen molar-refractivity contribution < 1.29 is 27.1 Å². The van der Waals surface area contributed by atoms with Crippen LogP contribution in [0.4, 0.5) is 17.6 Å². The van der Waals surface area contributed by atoms with Gasteiger partial charge in [0, 0.05) is 43.6 Å². The second-order valence-corrected chi connectivity index (χ2v) is 7.95. The Morgan fingerprint density at radius 1 is 1.21 bits per heavy atom. The summed E-state index contributed by atoms with van der Waals surface area (Å²) in [7, 11) is 1.54. The highest BCUT2D eigenvalue weighted by Crippen LogP contribution is 2.40. The van der Waals surface area contributed by atoms with Gasteiger partial charge in [0.25, 0.3) is 0 Å². The number of carbonyl (C=O) groups excluding carboxylic acids is 1. The quantitative estimate of drug-likeness (QED) is 0.699. The van der Waals surface area contributed by atoms with Crippen molar-refractivity contribution in [2.24, 2.45) is 5.41 Å². The summed E-state index contributed by atoms with van der Waals surface area (Å²) < 4.78 is 56.5. The molecule has 1 atom stereocenters. The first-order valence-electron chi connectivity index (χ1n) is 9.59. The third-order valence-electron chi connectivity index (χ3n) is 5.80. The van der Waals surface area contributed by atoms with Crippen LogP contribution in [0.3, 0.4) is 0 Å². The monoisotopic (exact) mass is 402 g/mol. The molecule has 8 heteroatoms. The van der Waals surface area contributed by atoms with Crippen molar-refractivity contribution in [3.05, 3.63) is 29.6 Å². The Hall–Kier alpha value is -1.83. The van der Waals surface area contributed by atoms with Gasteiger partial charge in [0.05, 0.1) is 13.5 Å². The number of piperidine rings is 1. The van der Waals surface area contributed by atoms with Crippen LogP contribution in [0.2, 0.25) is 0 Å². The number of amides is 1. The lowest BCUT2D eigenvalue weighted by atomic mass is 9.79. The summed E-state index contributed by atoms with van der Waals surface area (Å²) in [6.45, 7) is 2.98. The van der Waals surface area contributed by atoms with Gasteiger partial charge in [-0.2, -0.15) is 13.2 Å². The molecule has 1 unspecified atom stereocenters. The predicted octanol–water partition coefficient (Wildman–Crippen LogP) is 3.99. The number of hydrogen-bond acceptors (Lipinski definition) is 3. The standard InChI is InChI=1S/C20H26F4N2O2/c1-28-16-3-4-17(21)15(11-16)12-25-9-2-6-19(13-25)8-10-26(14-19)18(27)5-7-20(22,23)24/h3-4,11H,2,5-10,12-14H2,1H3. The highest BCUT2D eigenvalue weighted by atomic mass is 19.4. The topological polar surface area (TPSA) is 32.8 Å². The van der Waals surface area contributed by atoms with Gasteiger partial charge in [-0.15, -0.1) is 0 Å². The molecular formula is C20H26F4N2O2. The van der Waals surface area contributed by atoms with Crippen LogP contribution in [0.5, 0.6) is 5.75 Å². The lowest BCUT2D eigenvalue weighted by Crippen LogP contribution is -2.45. The minimum absolute atomic E-state index is 0.110. The van der Waals surface area contributed by atoms with Gasteiger partial charge < -0.3 is 9.64 Å². The smallest absolute Gasteiger partial charge is 0.389 e. The third kappa shape index (κ3) is 5.16. The molecule has 0 N–H and O–H groups in total. The van der Waals surface area contributed by atoms with Crippen LogP contribution < -0.4 is 4.74 Å². The number of halogens is 4. The number of alkyl halides is 3. The van der Waals surface area contributed by atoms with Crippen LogP contribution in [0.25, 0.3) is 0 Å². The van der Waals surface area contributed by atoms with Gasteiger partial charge in [0.15, 0.2) is 0 Å². The normalized spacial score (nSPS) is 23.4. The van der Waals surface area contributed by atoms with Crippen LogP contribution in [0, 0.1) is 11.2 Å². The molecule has 3 rings (SSSR count). The number of hydrogen-bond donors (Lipinski definition) is 0. The van der Waals surface area contributed by atoms with Gasteiger partial charge in [0.1, 0.15) is 11.6 Å². The van der Waals surface area contributed by atoms with Gasteiger partial charge in [0.2, 0.25) is 5.91 Å². The zero-order valence-corrected chi connectivity index (χ0v) is 16.0. The van der Waals surface area contributed by atoms with Gasteiger partial charge in [-0.1, -0.05) is 0 Å². The number of methoxy groups -OCH3 is 1. The van der Waals surface area contributed by atoms with Crippen molar-refractivity contribution in [3.63, 3.8) is 0 Å². The Kier molecular flexibility index (Phi) is 6.17. The first kappa shape index (κ1) is 20.9. The van der Waals surface area contributed by atoms with E-state index in [1.54, 1.807) is 17.0 Å². The Bertz CT molecular complexity index is 710. The molecule has 1 aromatic carbocycles. The number of carbonyl (C=O) groups is 1. The van der Waals surface area contributed by atoms with Gasteiger partial charge in [-0.05, 0) is 44.0 Å². The largest absolute Gasteiger partial charge is 0.497 e. The summed E-state index contributed by atoms with van der Waals surface area (Å²) in [6.07, 6.45) is -3.23. The van der Waals surface area contributed by atoms with E-state index in [9.17, 15) is 22.4 Å². The summed E-state index contributed by atoms with van der Waals surface area (Å²) in [5.41, 5.74) is 0.453. The van der Waals surface area contributed by atoms with E-state index in [4.69, 9.17) is 4.74 Å². The number of ether oxygens (including phenoxy) is 1. The van der Waals surface area contributed by atoms with Crippen molar-refractivity contribution in [2.75, 3.05) is 33.3 Å². The average molecular weight is 402 g/mol. The second kappa shape index (κ2) is 8.27. The molecule has 1 aromatic rings. The fourth-order valence-corrected chi connectivity index (χ4v) is 4.37. The lowest BCUT2D eigenvalue weighted by molar-refractivity contribution is -0.148. The average Bonchev–Trinajstić information content (AvgIpc) is 3.04. The van der Waals surface area contributed by atoms with E-state index in [1.165, 1.54) is 13.2 Å². The Labute approximate surface area is 162 Å². The van der Waals surface area contributed by atoms with Crippen LogP contribution in [0.1, 0.15) is 37.7 Å². The molecule has 4 nitrogen and oxygen atoms in total. The fourth-order valence-electron chi connectivity index (χ4n) is 4.37. The molecule has 1 amide bonds. The molecule has 28 heavy (non-hydrogen) atoms. The van der Waals surface area contributed by atoms with Crippen molar-refractivity contribution in [3.8, 4) is 5.75 Å². The molecule has 0 aromatic heterocycles. The summed E-state index contributed by atoms with van der Waals surface area (Å²) in [5, 5.41) is 0. The van der Waals surface area contributed by atoms with Gasteiger partial charge in [-0.25, -0.2) is 4.39 Å². The molecule has 2 aliphatic heterocycles.